The number of benzene rings is 2. The highest BCUT2D eigenvalue weighted by atomic mass is 32.2. The van der Waals surface area contributed by atoms with Gasteiger partial charge in [0.1, 0.15) is 5.75 Å². The molecular formula is C21H26N2O4S. The molecule has 0 unspecified atom stereocenters. The molecule has 7 heteroatoms. The van der Waals surface area contributed by atoms with Crippen LogP contribution in [-0.4, -0.2) is 46.5 Å². The van der Waals surface area contributed by atoms with Crippen molar-refractivity contribution in [3.05, 3.63) is 54.1 Å². The first-order valence-electron chi connectivity index (χ1n) is 9.46. The van der Waals surface area contributed by atoms with Crippen molar-refractivity contribution in [2.24, 2.45) is 0 Å². The average molecular weight is 403 g/mol. The summed E-state index contributed by atoms with van der Waals surface area (Å²) in [7, 11) is -0.726. The number of carbonyl (C=O) groups excluding carboxylic acids is 1. The molecule has 0 aliphatic carbocycles. The molecule has 0 N–H and O–H groups in total. The molecule has 0 atom stereocenters. The highest BCUT2D eigenvalue weighted by Crippen LogP contribution is 2.25. The number of anilines is 1. The highest BCUT2D eigenvalue weighted by molar-refractivity contribution is 7.92. The maximum absolute atomic E-state index is 13.1. The lowest BCUT2D eigenvalue weighted by atomic mass is 10.2. The van der Waals surface area contributed by atoms with Gasteiger partial charge in [0.05, 0.1) is 17.7 Å². The molecule has 0 radical (unpaired) electrons. The number of ether oxygens (including phenoxy) is 1. The van der Waals surface area contributed by atoms with Gasteiger partial charge in [0.2, 0.25) is 0 Å². The van der Waals surface area contributed by atoms with Crippen LogP contribution in [0, 0.1) is 0 Å². The molecule has 28 heavy (non-hydrogen) atoms. The lowest BCUT2D eigenvalue weighted by Gasteiger charge is -2.22. The van der Waals surface area contributed by atoms with Gasteiger partial charge in [-0.1, -0.05) is 18.9 Å². The van der Waals surface area contributed by atoms with Gasteiger partial charge in [0.15, 0.2) is 0 Å². The monoisotopic (exact) mass is 402 g/mol. The third-order valence-electron chi connectivity index (χ3n) is 5.07. The molecule has 6 nitrogen and oxygen atoms in total. The van der Waals surface area contributed by atoms with E-state index >= 15 is 0 Å². The third-order valence-corrected chi connectivity index (χ3v) is 6.85. The molecule has 0 spiro atoms. The fourth-order valence-electron chi connectivity index (χ4n) is 3.33. The summed E-state index contributed by atoms with van der Waals surface area (Å²) < 4.78 is 32.5. The molecule has 1 fully saturated rings. The number of carbonyl (C=O) groups is 1. The molecular weight excluding hydrogens is 376 g/mol. The van der Waals surface area contributed by atoms with Crippen molar-refractivity contribution in [1.29, 1.82) is 0 Å². The van der Waals surface area contributed by atoms with Gasteiger partial charge < -0.3 is 9.64 Å². The Balaban J connectivity index is 1.85. The second-order valence-corrected chi connectivity index (χ2v) is 8.87. The smallest absolute Gasteiger partial charge is 0.264 e. The summed E-state index contributed by atoms with van der Waals surface area (Å²) >= 11 is 0. The Labute approximate surface area is 166 Å². The molecule has 2 aromatic carbocycles. The molecule has 1 heterocycles. The summed E-state index contributed by atoms with van der Waals surface area (Å²) in [5.74, 6) is 0.547. The molecule has 3 rings (SSSR count). The van der Waals surface area contributed by atoms with Crippen LogP contribution in [0.5, 0.6) is 5.75 Å². The second-order valence-electron chi connectivity index (χ2n) is 6.90. The Hall–Kier alpha value is -2.54. The quantitative estimate of drug-likeness (QED) is 0.767. The molecule has 0 bridgehead atoms. The van der Waals surface area contributed by atoms with Crippen LogP contribution in [0.25, 0.3) is 0 Å². The number of amides is 1. The van der Waals surface area contributed by atoms with E-state index < -0.39 is 10.0 Å². The van der Waals surface area contributed by atoms with Crippen LogP contribution in [0.15, 0.2) is 53.4 Å². The predicted molar refractivity (Wildman–Crippen MR) is 109 cm³/mol. The van der Waals surface area contributed by atoms with E-state index in [1.807, 2.05) is 4.90 Å². The minimum Gasteiger partial charge on any atom is -0.497 e. The topological polar surface area (TPSA) is 66.9 Å². The van der Waals surface area contributed by atoms with Crippen molar-refractivity contribution in [2.75, 3.05) is 31.6 Å². The summed E-state index contributed by atoms with van der Waals surface area (Å²) in [6.45, 7) is 1.45. The van der Waals surface area contributed by atoms with E-state index in [1.165, 1.54) is 23.5 Å². The van der Waals surface area contributed by atoms with Crippen LogP contribution < -0.4 is 9.04 Å². The third kappa shape index (κ3) is 4.30. The van der Waals surface area contributed by atoms with Crippen molar-refractivity contribution in [3.8, 4) is 5.75 Å². The van der Waals surface area contributed by atoms with Gasteiger partial charge in [-0.3, -0.25) is 9.10 Å². The van der Waals surface area contributed by atoms with Gasteiger partial charge in [-0.2, -0.15) is 0 Å². The van der Waals surface area contributed by atoms with Crippen LogP contribution >= 0.6 is 0 Å². The van der Waals surface area contributed by atoms with E-state index in [9.17, 15) is 13.2 Å². The standard InChI is InChI=1S/C21H26N2O4S/c1-22(18-10-12-19(27-2)13-11-18)28(25,26)20-9-7-8-17(16-20)21(24)23-14-5-3-4-6-15-23/h7-13,16H,3-6,14-15H2,1-2H3. The van der Waals surface area contributed by atoms with E-state index in [-0.39, 0.29) is 10.8 Å². The minimum atomic E-state index is -3.78. The zero-order valence-electron chi connectivity index (χ0n) is 16.3. The zero-order valence-corrected chi connectivity index (χ0v) is 17.1. The van der Waals surface area contributed by atoms with Crippen LogP contribution in [0.3, 0.4) is 0 Å². The maximum atomic E-state index is 13.1. The normalized spacial score (nSPS) is 15.0. The van der Waals surface area contributed by atoms with Crippen molar-refractivity contribution >= 4 is 21.6 Å². The van der Waals surface area contributed by atoms with Crippen molar-refractivity contribution in [3.63, 3.8) is 0 Å². The van der Waals surface area contributed by atoms with Crippen LogP contribution in [-0.2, 0) is 10.0 Å². The van der Waals surface area contributed by atoms with E-state index in [2.05, 4.69) is 0 Å². The van der Waals surface area contributed by atoms with Gasteiger partial charge in [-0.15, -0.1) is 0 Å². The maximum Gasteiger partial charge on any atom is 0.264 e. The fraction of sp³-hybridized carbons (Fsp3) is 0.381. The molecule has 1 amide bonds. The summed E-state index contributed by atoms with van der Waals surface area (Å²) in [6.07, 6.45) is 4.24. The van der Waals surface area contributed by atoms with E-state index in [4.69, 9.17) is 4.74 Å². The van der Waals surface area contributed by atoms with Crippen molar-refractivity contribution < 1.29 is 17.9 Å². The Morgan fingerprint density at radius 1 is 1.00 bits per heavy atom. The zero-order chi connectivity index (χ0) is 20.1. The average Bonchev–Trinajstić information content (AvgIpc) is 3.02. The van der Waals surface area contributed by atoms with Gasteiger partial charge in [-0.25, -0.2) is 8.42 Å². The molecule has 0 aromatic heterocycles. The van der Waals surface area contributed by atoms with E-state index in [1.54, 1.807) is 43.5 Å². The Morgan fingerprint density at radius 2 is 1.64 bits per heavy atom. The first kappa shape index (κ1) is 20.2. The Kier molecular flexibility index (Phi) is 6.24. The fourth-order valence-corrected chi connectivity index (χ4v) is 4.58. The van der Waals surface area contributed by atoms with Crippen LogP contribution in [0.2, 0.25) is 0 Å². The lowest BCUT2D eigenvalue weighted by molar-refractivity contribution is 0.0761. The van der Waals surface area contributed by atoms with Crippen LogP contribution in [0.4, 0.5) is 5.69 Å². The minimum absolute atomic E-state index is 0.103. The van der Waals surface area contributed by atoms with Crippen LogP contribution in [0.1, 0.15) is 36.0 Å². The number of sulfonamides is 1. The Bertz CT molecular complexity index is 918. The summed E-state index contributed by atoms with van der Waals surface area (Å²) in [6, 6.07) is 13.1. The molecule has 1 saturated heterocycles. The largest absolute Gasteiger partial charge is 0.497 e. The van der Waals surface area contributed by atoms with Gasteiger partial charge >= 0.3 is 0 Å². The van der Waals surface area contributed by atoms with Gasteiger partial charge in [0, 0.05) is 25.7 Å². The number of methoxy groups -OCH3 is 1. The van der Waals surface area contributed by atoms with Crippen molar-refractivity contribution in [2.45, 2.75) is 30.6 Å². The van der Waals surface area contributed by atoms with Gasteiger partial charge in [0.25, 0.3) is 15.9 Å². The Morgan fingerprint density at radius 3 is 2.25 bits per heavy atom. The number of hydrogen-bond acceptors (Lipinski definition) is 4. The number of hydrogen-bond donors (Lipinski definition) is 0. The number of nitrogens with zero attached hydrogens (tertiary/aromatic N) is 2. The highest BCUT2D eigenvalue weighted by Gasteiger charge is 2.24. The summed E-state index contributed by atoms with van der Waals surface area (Å²) in [4.78, 5) is 14.8. The number of rotatable bonds is 5. The van der Waals surface area contributed by atoms with Crippen molar-refractivity contribution in [1.82, 2.24) is 4.90 Å². The SMILES string of the molecule is COc1ccc(N(C)S(=O)(=O)c2cccc(C(=O)N3CCCCCC3)c2)cc1. The summed E-state index contributed by atoms with van der Waals surface area (Å²) in [5.41, 5.74) is 0.927. The molecule has 150 valence electrons. The molecule has 1 aliphatic heterocycles. The molecule has 1 aliphatic rings. The van der Waals surface area contributed by atoms with Gasteiger partial charge in [-0.05, 0) is 55.3 Å². The van der Waals surface area contributed by atoms with E-state index in [0.717, 1.165) is 38.8 Å². The molecule has 0 saturated carbocycles. The second kappa shape index (κ2) is 8.65. The first-order chi connectivity index (χ1) is 13.4. The lowest BCUT2D eigenvalue weighted by Crippen LogP contribution is -2.32. The molecule has 2 aromatic rings. The first-order valence-corrected chi connectivity index (χ1v) is 10.9. The van der Waals surface area contributed by atoms with E-state index in [0.29, 0.717) is 17.0 Å². The summed E-state index contributed by atoms with van der Waals surface area (Å²) in [5, 5.41) is 0. The number of likely N-dealkylation sites (tertiary alicyclic amines) is 1. The predicted octanol–water partition coefficient (Wildman–Crippen LogP) is 3.54.